The molecule has 4 aromatic carbocycles. The molecule has 0 radical (unpaired) electrons. The highest BCUT2D eigenvalue weighted by atomic mass is 19.1. The summed E-state index contributed by atoms with van der Waals surface area (Å²) in [5.74, 6) is -0.0497. The second-order valence-corrected chi connectivity index (χ2v) is 8.34. The van der Waals surface area contributed by atoms with Crippen LogP contribution in [-0.4, -0.2) is 26.0 Å². The summed E-state index contributed by atoms with van der Waals surface area (Å²) in [6, 6.07) is 25.7. The maximum Gasteiger partial charge on any atom is 0.255 e. The number of fused-ring (bicyclic) bond motifs is 1. The van der Waals surface area contributed by atoms with Crippen LogP contribution in [0.4, 0.5) is 10.1 Å². The van der Waals surface area contributed by atoms with E-state index in [1.165, 1.54) is 12.1 Å². The van der Waals surface area contributed by atoms with Crippen LogP contribution in [0.2, 0.25) is 0 Å². The van der Waals surface area contributed by atoms with Crippen molar-refractivity contribution >= 4 is 28.5 Å². The van der Waals surface area contributed by atoms with Crippen molar-refractivity contribution in [1.82, 2.24) is 5.32 Å². The maximum absolute atomic E-state index is 13.5. The van der Waals surface area contributed by atoms with Crippen LogP contribution in [0.3, 0.4) is 0 Å². The fourth-order valence-corrected chi connectivity index (χ4v) is 4.21. The predicted molar refractivity (Wildman–Crippen MR) is 141 cm³/mol. The molecule has 0 aliphatic rings. The Hall–Kier alpha value is -4.91. The van der Waals surface area contributed by atoms with E-state index in [4.69, 9.17) is 9.15 Å². The molecule has 0 fully saturated rings. The molecular formula is C30H23FN2O4. The summed E-state index contributed by atoms with van der Waals surface area (Å²) in [7, 11) is 3.09. The minimum atomic E-state index is -0.377. The summed E-state index contributed by atoms with van der Waals surface area (Å²) in [6.45, 7) is 0. The fraction of sp³-hybridized carbons (Fsp3) is 0.0667. The van der Waals surface area contributed by atoms with Crippen molar-refractivity contribution < 1.29 is 23.1 Å². The van der Waals surface area contributed by atoms with Gasteiger partial charge in [0.25, 0.3) is 11.8 Å². The zero-order chi connectivity index (χ0) is 25.9. The van der Waals surface area contributed by atoms with Crippen molar-refractivity contribution in [1.29, 1.82) is 0 Å². The van der Waals surface area contributed by atoms with E-state index >= 15 is 0 Å². The Morgan fingerprint density at radius 3 is 2.30 bits per heavy atom. The highest BCUT2D eigenvalue weighted by molar-refractivity contribution is 6.12. The number of hydrogen-bond acceptors (Lipinski definition) is 4. The van der Waals surface area contributed by atoms with Crippen LogP contribution in [0.5, 0.6) is 5.75 Å². The predicted octanol–water partition coefficient (Wildman–Crippen LogP) is 6.53. The van der Waals surface area contributed by atoms with E-state index in [0.717, 1.165) is 11.1 Å². The minimum Gasteiger partial charge on any atom is -0.495 e. The van der Waals surface area contributed by atoms with Gasteiger partial charge in [-0.3, -0.25) is 9.59 Å². The summed E-state index contributed by atoms with van der Waals surface area (Å²) >= 11 is 0. The van der Waals surface area contributed by atoms with E-state index in [-0.39, 0.29) is 17.6 Å². The average molecular weight is 495 g/mol. The van der Waals surface area contributed by atoms with Crippen LogP contribution >= 0.6 is 0 Å². The molecule has 0 saturated heterocycles. The largest absolute Gasteiger partial charge is 0.495 e. The molecule has 1 heterocycles. The van der Waals surface area contributed by atoms with Gasteiger partial charge in [0.2, 0.25) is 0 Å². The number of hydrogen-bond donors (Lipinski definition) is 2. The van der Waals surface area contributed by atoms with E-state index in [2.05, 4.69) is 10.6 Å². The van der Waals surface area contributed by atoms with Crippen LogP contribution in [0.1, 0.15) is 20.7 Å². The second kappa shape index (κ2) is 9.99. The Labute approximate surface area is 212 Å². The lowest BCUT2D eigenvalue weighted by Gasteiger charge is -2.11. The summed E-state index contributed by atoms with van der Waals surface area (Å²) in [5, 5.41) is 6.16. The van der Waals surface area contributed by atoms with E-state index < -0.39 is 0 Å². The molecule has 0 saturated carbocycles. The average Bonchev–Trinajstić information content (AvgIpc) is 3.32. The molecular weight excluding hydrogens is 471 g/mol. The first-order valence-corrected chi connectivity index (χ1v) is 11.6. The molecule has 1 aromatic heterocycles. The third-order valence-electron chi connectivity index (χ3n) is 6.06. The number of methoxy groups -OCH3 is 1. The number of rotatable bonds is 6. The van der Waals surface area contributed by atoms with Crippen molar-refractivity contribution in [3.8, 4) is 28.2 Å². The van der Waals surface area contributed by atoms with E-state index in [9.17, 15) is 14.0 Å². The molecule has 0 spiro atoms. The van der Waals surface area contributed by atoms with Gasteiger partial charge in [-0.05, 0) is 71.8 Å². The van der Waals surface area contributed by atoms with Crippen molar-refractivity contribution in [2.75, 3.05) is 19.5 Å². The Balaban J connectivity index is 1.54. The summed E-state index contributed by atoms with van der Waals surface area (Å²) < 4.78 is 24.8. The zero-order valence-electron chi connectivity index (χ0n) is 20.2. The quantitative estimate of drug-likeness (QED) is 0.281. The number of benzene rings is 4. The Morgan fingerprint density at radius 1 is 0.811 bits per heavy atom. The first-order valence-electron chi connectivity index (χ1n) is 11.6. The van der Waals surface area contributed by atoms with Crippen LogP contribution in [0, 0.1) is 5.82 Å². The van der Waals surface area contributed by atoms with Gasteiger partial charge in [0, 0.05) is 23.6 Å². The standard InChI is InChI=1S/C30H23FN2O4/c1-32-30(35)27-23-17-20(12-15-25(23)37-28(27)18-10-13-22(31)14-11-18)19-6-5-7-21(16-19)29(34)33-24-8-3-4-9-26(24)36-2/h3-17H,1-2H3,(H,32,35)(H,33,34). The number of halogens is 1. The fourth-order valence-electron chi connectivity index (χ4n) is 4.21. The minimum absolute atomic E-state index is 0.277. The SMILES string of the molecule is CNC(=O)c1c(-c2ccc(F)cc2)oc2ccc(-c3cccc(C(=O)Nc4ccccc4OC)c3)cc12. The van der Waals surface area contributed by atoms with Crippen molar-refractivity contribution in [3.05, 3.63) is 108 Å². The molecule has 0 aliphatic heterocycles. The van der Waals surface area contributed by atoms with E-state index in [0.29, 0.717) is 44.9 Å². The summed E-state index contributed by atoms with van der Waals surface area (Å²) in [6.07, 6.45) is 0. The maximum atomic E-state index is 13.5. The molecule has 0 aliphatic carbocycles. The monoisotopic (exact) mass is 494 g/mol. The first kappa shape index (κ1) is 23.8. The number of ether oxygens (including phenoxy) is 1. The molecule has 6 nitrogen and oxygen atoms in total. The normalized spacial score (nSPS) is 10.8. The zero-order valence-corrected chi connectivity index (χ0v) is 20.2. The number of nitrogens with one attached hydrogen (secondary N) is 2. The number of carbonyl (C=O) groups excluding carboxylic acids is 2. The van der Waals surface area contributed by atoms with Gasteiger partial charge in [-0.1, -0.05) is 30.3 Å². The van der Waals surface area contributed by atoms with Crippen molar-refractivity contribution in [2.45, 2.75) is 0 Å². The van der Waals surface area contributed by atoms with Gasteiger partial charge in [-0.15, -0.1) is 0 Å². The van der Waals surface area contributed by atoms with Gasteiger partial charge < -0.3 is 19.8 Å². The number of para-hydroxylation sites is 2. The van der Waals surface area contributed by atoms with Crippen LogP contribution in [-0.2, 0) is 0 Å². The molecule has 5 rings (SSSR count). The molecule has 37 heavy (non-hydrogen) atoms. The van der Waals surface area contributed by atoms with Crippen LogP contribution in [0.15, 0.2) is 95.4 Å². The van der Waals surface area contributed by atoms with Gasteiger partial charge in [0.05, 0.1) is 18.4 Å². The Bertz CT molecular complexity index is 1620. The lowest BCUT2D eigenvalue weighted by molar-refractivity contribution is 0.0963. The Kier molecular flexibility index (Phi) is 6.43. The summed E-state index contributed by atoms with van der Waals surface area (Å²) in [4.78, 5) is 25.8. The third-order valence-corrected chi connectivity index (χ3v) is 6.06. The third kappa shape index (κ3) is 4.67. The van der Waals surface area contributed by atoms with Crippen molar-refractivity contribution in [2.24, 2.45) is 0 Å². The topological polar surface area (TPSA) is 80.6 Å². The smallest absolute Gasteiger partial charge is 0.255 e. The lowest BCUT2D eigenvalue weighted by Crippen LogP contribution is -2.18. The number of furan rings is 1. The van der Waals surface area contributed by atoms with Gasteiger partial charge in [-0.25, -0.2) is 4.39 Å². The van der Waals surface area contributed by atoms with E-state index in [1.54, 1.807) is 62.7 Å². The number of carbonyl (C=O) groups is 2. The molecule has 5 aromatic rings. The summed E-state index contributed by atoms with van der Waals surface area (Å²) in [5.41, 5.74) is 4.10. The van der Waals surface area contributed by atoms with Crippen LogP contribution in [0.25, 0.3) is 33.4 Å². The molecule has 0 bridgehead atoms. The molecule has 2 amide bonds. The molecule has 184 valence electrons. The van der Waals surface area contributed by atoms with Gasteiger partial charge >= 0.3 is 0 Å². The number of anilines is 1. The molecule has 2 N–H and O–H groups in total. The van der Waals surface area contributed by atoms with Gasteiger partial charge in [0.15, 0.2) is 0 Å². The molecule has 7 heteroatoms. The second-order valence-electron chi connectivity index (χ2n) is 8.34. The van der Waals surface area contributed by atoms with Crippen molar-refractivity contribution in [3.63, 3.8) is 0 Å². The highest BCUT2D eigenvalue weighted by Gasteiger charge is 2.22. The van der Waals surface area contributed by atoms with E-state index in [1.807, 2.05) is 30.3 Å². The lowest BCUT2D eigenvalue weighted by atomic mass is 9.99. The van der Waals surface area contributed by atoms with Crippen LogP contribution < -0.4 is 15.4 Å². The highest BCUT2D eigenvalue weighted by Crippen LogP contribution is 2.36. The van der Waals surface area contributed by atoms with Gasteiger partial charge in [0.1, 0.15) is 22.9 Å². The molecule has 0 unspecified atom stereocenters. The number of amides is 2. The van der Waals surface area contributed by atoms with Gasteiger partial charge in [-0.2, -0.15) is 0 Å². The Morgan fingerprint density at radius 2 is 1.54 bits per heavy atom. The molecule has 0 atom stereocenters. The first-order chi connectivity index (χ1) is 18.0.